The molecule has 23 heavy (non-hydrogen) atoms. The van der Waals surface area contributed by atoms with Gasteiger partial charge in [0.2, 0.25) is 5.91 Å². The Labute approximate surface area is 140 Å². The summed E-state index contributed by atoms with van der Waals surface area (Å²) in [5.74, 6) is 0.837. The number of aliphatic imine (C=N–C) groups is 1. The normalized spacial score (nSPS) is 23.3. The molecule has 0 aromatic rings. The van der Waals surface area contributed by atoms with Gasteiger partial charge in [0.25, 0.3) is 0 Å². The molecule has 2 aliphatic rings. The summed E-state index contributed by atoms with van der Waals surface area (Å²) in [6.45, 7) is 5.64. The molecule has 0 radical (unpaired) electrons. The minimum atomic E-state index is 0.0357. The fourth-order valence-electron chi connectivity index (χ4n) is 3.46. The molecule has 1 unspecified atom stereocenters. The summed E-state index contributed by atoms with van der Waals surface area (Å²) < 4.78 is 0. The quantitative estimate of drug-likeness (QED) is 0.566. The Morgan fingerprint density at radius 2 is 1.96 bits per heavy atom. The van der Waals surface area contributed by atoms with Gasteiger partial charge >= 0.3 is 0 Å². The van der Waals surface area contributed by atoms with Crippen molar-refractivity contribution < 1.29 is 4.79 Å². The Hall–Kier alpha value is -1.30. The van der Waals surface area contributed by atoms with E-state index in [0.717, 1.165) is 19.0 Å². The van der Waals surface area contributed by atoms with Gasteiger partial charge in [-0.25, -0.2) is 4.99 Å². The van der Waals surface area contributed by atoms with E-state index >= 15 is 0 Å². The summed E-state index contributed by atoms with van der Waals surface area (Å²) >= 11 is 0. The van der Waals surface area contributed by atoms with Crippen molar-refractivity contribution in [1.29, 1.82) is 0 Å². The number of carbonyl (C=O) groups excluding carboxylic acids is 1. The maximum atomic E-state index is 11.8. The van der Waals surface area contributed by atoms with Gasteiger partial charge in [-0.15, -0.1) is 0 Å². The molecule has 0 aromatic heterocycles. The van der Waals surface area contributed by atoms with Crippen LogP contribution in [0.25, 0.3) is 0 Å². The third-order valence-corrected chi connectivity index (χ3v) is 4.98. The molecule has 1 saturated carbocycles. The first-order valence-electron chi connectivity index (χ1n) is 9.09. The minimum Gasteiger partial charge on any atom is -0.355 e. The predicted molar refractivity (Wildman–Crippen MR) is 94.7 cm³/mol. The van der Waals surface area contributed by atoms with Crippen molar-refractivity contribution >= 4 is 11.9 Å². The van der Waals surface area contributed by atoms with Gasteiger partial charge in [-0.1, -0.05) is 19.8 Å². The zero-order valence-corrected chi connectivity index (χ0v) is 15.0. The van der Waals surface area contributed by atoms with Crippen LogP contribution in [0.15, 0.2) is 4.99 Å². The third-order valence-electron chi connectivity index (χ3n) is 4.98. The highest BCUT2D eigenvalue weighted by Crippen LogP contribution is 2.18. The van der Waals surface area contributed by atoms with E-state index in [1.165, 1.54) is 45.1 Å². The van der Waals surface area contributed by atoms with Crippen LogP contribution in [0.1, 0.15) is 45.4 Å². The van der Waals surface area contributed by atoms with Gasteiger partial charge in [-0.05, 0) is 38.8 Å². The molecule has 1 amide bonds. The molecule has 6 heteroatoms. The van der Waals surface area contributed by atoms with Crippen LogP contribution in [0, 0.1) is 0 Å². The maximum Gasteiger partial charge on any atom is 0.243 e. The maximum absolute atomic E-state index is 11.8. The summed E-state index contributed by atoms with van der Waals surface area (Å²) in [4.78, 5) is 20.4. The number of rotatable bonds is 6. The molecule has 1 saturated heterocycles. The highest BCUT2D eigenvalue weighted by Gasteiger charge is 2.23. The van der Waals surface area contributed by atoms with Crippen LogP contribution in [0.4, 0.5) is 0 Å². The molecule has 132 valence electrons. The summed E-state index contributed by atoms with van der Waals surface area (Å²) in [6, 6.07) is 1.08. The SMILES string of the molecule is CCN1CCCC1CNC(=NCC(=O)N(C)C)NC1CCCC1. The number of nitrogens with zero attached hydrogens (tertiary/aromatic N) is 3. The standard InChI is InChI=1S/C17H33N5O/c1-4-22-11-7-10-15(22)12-18-17(19-13-16(23)21(2)3)20-14-8-5-6-9-14/h14-15H,4-13H2,1-3H3,(H2,18,19,20). The first-order chi connectivity index (χ1) is 11.1. The van der Waals surface area contributed by atoms with E-state index in [1.807, 2.05) is 0 Å². The fourth-order valence-corrected chi connectivity index (χ4v) is 3.46. The molecular formula is C17H33N5O. The lowest BCUT2D eigenvalue weighted by atomic mass is 10.2. The summed E-state index contributed by atoms with van der Waals surface area (Å²) in [5, 5.41) is 6.99. The van der Waals surface area contributed by atoms with Gasteiger partial charge in [0.15, 0.2) is 5.96 Å². The van der Waals surface area contributed by atoms with E-state index in [1.54, 1.807) is 19.0 Å². The Morgan fingerprint density at radius 1 is 1.22 bits per heavy atom. The highest BCUT2D eigenvalue weighted by molar-refractivity contribution is 5.85. The molecule has 2 N–H and O–H groups in total. The second-order valence-electron chi connectivity index (χ2n) is 6.88. The first-order valence-corrected chi connectivity index (χ1v) is 9.09. The topological polar surface area (TPSA) is 60.0 Å². The second kappa shape index (κ2) is 9.11. The van der Waals surface area contributed by atoms with Crippen LogP contribution in [0.3, 0.4) is 0 Å². The number of guanidine groups is 1. The average molecular weight is 323 g/mol. The number of hydrogen-bond acceptors (Lipinski definition) is 3. The van der Waals surface area contributed by atoms with E-state index in [4.69, 9.17) is 0 Å². The van der Waals surface area contributed by atoms with Crippen LogP contribution in [0.5, 0.6) is 0 Å². The molecule has 6 nitrogen and oxygen atoms in total. The Kier molecular flexibility index (Phi) is 7.15. The van der Waals surface area contributed by atoms with Crippen LogP contribution >= 0.6 is 0 Å². The van der Waals surface area contributed by atoms with E-state index < -0.39 is 0 Å². The molecule has 2 fully saturated rings. The largest absolute Gasteiger partial charge is 0.355 e. The smallest absolute Gasteiger partial charge is 0.243 e. The lowest BCUT2D eigenvalue weighted by Gasteiger charge is -2.25. The Morgan fingerprint density at radius 3 is 2.61 bits per heavy atom. The van der Waals surface area contributed by atoms with Crippen molar-refractivity contribution in [1.82, 2.24) is 20.4 Å². The average Bonchev–Trinajstić information content (AvgIpc) is 3.20. The number of nitrogens with one attached hydrogen (secondary N) is 2. The van der Waals surface area contributed by atoms with Gasteiger partial charge in [-0.3, -0.25) is 9.69 Å². The predicted octanol–water partition coefficient (Wildman–Crippen LogP) is 1.04. The monoisotopic (exact) mass is 323 g/mol. The van der Waals surface area contributed by atoms with Crippen molar-refractivity contribution in [2.75, 3.05) is 40.3 Å². The fraction of sp³-hybridized carbons (Fsp3) is 0.882. The lowest BCUT2D eigenvalue weighted by molar-refractivity contribution is -0.127. The first kappa shape index (κ1) is 18.0. The zero-order chi connectivity index (χ0) is 16.7. The highest BCUT2D eigenvalue weighted by atomic mass is 16.2. The van der Waals surface area contributed by atoms with Crippen molar-refractivity contribution in [3.63, 3.8) is 0 Å². The van der Waals surface area contributed by atoms with Crippen molar-refractivity contribution in [2.45, 2.75) is 57.5 Å². The van der Waals surface area contributed by atoms with E-state index in [-0.39, 0.29) is 12.5 Å². The molecule has 1 aliphatic carbocycles. The van der Waals surface area contributed by atoms with Crippen LogP contribution < -0.4 is 10.6 Å². The molecule has 1 atom stereocenters. The summed E-state index contributed by atoms with van der Waals surface area (Å²) in [6.07, 6.45) is 7.50. The number of carbonyl (C=O) groups is 1. The second-order valence-corrected chi connectivity index (χ2v) is 6.88. The molecule has 1 aliphatic heterocycles. The molecule has 0 spiro atoms. The molecule has 0 bridgehead atoms. The summed E-state index contributed by atoms with van der Waals surface area (Å²) in [5.41, 5.74) is 0. The van der Waals surface area contributed by atoms with E-state index in [0.29, 0.717) is 12.1 Å². The zero-order valence-electron chi connectivity index (χ0n) is 15.0. The molecular weight excluding hydrogens is 290 g/mol. The third kappa shape index (κ3) is 5.68. The minimum absolute atomic E-state index is 0.0357. The van der Waals surface area contributed by atoms with Gasteiger partial charge in [0.1, 0.15) is 6.54 Å². The van der Waals surface area contributed by atoms with Gasteiger partial charge < -0.3 is 15.5 Å². The molecule has 2 rings (SSSR count). The van der Waals surface area contributed by atoms with Gasteiger partial charge in [0.05, 0.1) is 0 Å². The van der Waals surface area contributed by atoms with Crippen LogP contribution in [-0.4, -0.2) is 74.0 Å². The number of amides is 1. The number of likely N-dealkylation sites (N-methyl/N-ethyl adjacent to an activating group) is 2. The van der Waals surface area contributed by atoms with Crippen molar-refractivity contribution in [3.05, 3.63) is 0 Å². The van der Waals surface area contributed by atoms with E-state index in [9.17, 15) is 4.79 Å². The number of hydrogen-bond donors (Lipinski definition) is 2. The number of likely N-dealkylation sites (tertiary alicyclic amines) is 1. The lowest BCUT2D eigenvalue weighted by Crippen LogP contribution is -2.47. The van der Waals surface area contributed by atoms with Gasteiger partial charge in [-0.2, -0.15) is 0 Å². The van der Waals surface area contributed by atoms with Crippen molar-refractivity contribution in [2.24, 2.45) is 4.99 Å². The van der Waals surface area contributed by atoms with E-state index in [2.05, 4.69) is 27.4 Å². The van der Waals surface area contributed by atoms with Crippen LogP contribution in [0.2, 0.25) is 0 Å². The molecule has 1 heterocycles. The Bertz CT molecular complexity index is 404. The Balaban J connectivity index is 1.89. The van der Waals surface area contributed by atoms with Crippen LogP contribution in [-0.2, 0) is 4.79 Å². The summed E-state index contributed by atoms with van der Waals surface area (Å²) in [7, 11) is 3.54. The van der Waals surface area contributed by atoms with Crippen molar-refractivity contribution in [3.8, 4) is 0 Å². The molecule has 0 aromatic carbocycles. The van der Waals surface area contributed by atoms with Gasteiger partial charge in [0, 0.05) is 32.7 Å².